The summed E-state index contributed by atoms with van der Waals surface area (Å²) in [5.74, 6) is -0.106. The number of aromatic nitrogens is 2. The smallest absolute Gasteiger partial charge is 0.261 e. The lowest BCUT2D eigenvalue weighted by Crippen LogP contribution is -2.41. The zero-order chi connectivity index (χ0) is 17.8. The van der Waals surface area contributed by atoms with Crippen LogP contribution in [0.1, 0.15) is 15.2 Å². The van der Waals surface area contributed by atoms with E-state index in [0.717, 1.165) is 20.6 Å². The molecule has 1 amide bonds. The number of aryl methyl sites for hydroxylation is 1. The SMILES string of the molecule is Cn1nccc1-c1sc(C(=O)NC(CN)Cc2ccccc2)cc1Br. The van der Waals surface area contributed by atoms with E-state index in [4.69, 9.17) is 5.73 Å². The molecule has 0 bridgehead atoms. The predicted octanol–water partition coefficient (Wildman–Crippen LogP) is 3.21. The van der Waals surface area contributed by atoms with Gasteiger partial charge in [-0.05, 0) is 40.0 Å². The van der Waals surface area contributed by atoms with Gasteiger partial charge in [0.25, 0.3) is 5.91 Å². The number of rotatable bonds is 6. The number of nitrogens with zero attached hydrogens (tertiary/aromatic N) is 2. The molecule has 0 fully saturated rings. The fourth-order valence-electron chi connectivity index (χ4n) is 2.60. The number of halogens is 1. The number of hydrogen-bond donors (Lipinski definition) is 2. The minimum atomic E-state index is -0.106. The van der Waals surface area contributed by atoms with E-state index in [1.54, 1.807) is 10.9 Å². The van der Waals surface area contributed by atoms with Crippen molar-refractivity contribution >= 4 is 33.2 Å². The van der Waals surface area contributed by atoms with Gasteiger partial charge in [-0.15, -0.1) is 11.3 Å². The molecular formula is C18H19BrN4OS. The van der Waals surface area contributed by atoms with Crippen LogP contribution in [0.5, 0.6) is 0 Å². The van der Waals surface area contributed by atoms with Crippen molar-refractivity contribution in [3.8, 4) is 10.6 Å². The van der Waals surface area contributed by atoms with Gasteiger partial charge >= 0.3 is 0 Å². The number of hydrogen-bond acceptors (Lipinski definition) is 4. The standard InChI is InChI=1S/C18H19BrN4OS/c1-23-15(7-8-21-23)17-14(19)10-16(25-17)18(24)22-13(11-20)9-12-5-3-2-4-6-12/h2-8,10,13H,9,11,20H2,1H3,(H,22,24). The van der Waals surface area contributed by atoms with Gasteiger partial charge in [-0.1, -0.05) is 30.3 Å². The molecule has 25 heavy (non-hydrogen) atoms. The van der Waals surface area contributed by atoms with Crippen molar-refractivity contribution in [3.63, 3.8) is 0 Å². The maximum absolute atomic E-state index is 12.6. The largest absolute Gasteiger partial charge is 0.347 e. The number of benzene rings is 1. The molecule has 0 aliphatic heterocycles. The van der Waals surface area contributed by atoms with Gasteiger partial charge in [0, 0.05) is 30.3 Å². The van der Waals surface area contributed by atoms with Crippen LogP contribution in [-0.2, 0) is 13.5 Å². The second-order valence-corrected chi connectivity index (χ2v) is 7.63. The molecule has 3 N–H and O–H groups in total. The maximum atomic E-state index is 12.6. The van der Waals surface area contributed by atoms with E-state index >= 15 is 0 Å². The Bertz CT molecular complexity index is 859. The summed E-state index contributed by atoms with van der Waals surface area (Å²) in [6, 6.07) is 13.7. The number of carbonyl (C=O) groups excluding carboxylic acids is 1. The first-order chi connectivity index (χ1) is 12.1. The Balaban J connectivity index is 1.73. The summed E-state index contributed by atoms with van der Waals surface area (Å²) in [4.78, 5) is 14.3. The minimum Gasteiger partial charge on any atom is -0.347 e. The highest BCUT2D eigenvalue weighted by atomic mass is 79.9. The third-order valence-electron chi connectivity index (χ3n) is 3.91. The Morgan fingerprint density at radius 1 is 1.36 bits per heavy atom. The highest BCUT2D eigenvalue weighted by Gasteiger charge is 2.19. The molecule has 1 aromatic carbocycles. The molecule has 1 atom stereocenters. The van der Waals surface area contributed by atoms with Crippen molar-refractivity contribution in [1.29, 1.82) is 0 Å². The fraction of sp³-hybridized carbons (Fsp3) is 0.222. The summed E-state index contributed by atoms with van der Waals surface area (Å²) in [6.07, 6.45) is 2.45. The van der Waals surface area contributed by atoms with Crippen molar-refractivity contribution < 1.29 is 4.79 Å². The van der Waals surface area contributed by atoms with Crippen molar-refractivity contribution in [2.24, 2.45) is 12.8 Å². The molecule has 3 aromatic rings. The summed E-state index contributed by atoms with van der Waals surface area (Å²) in [6.45, 7) is 0.391. The Hall–Kier alpha value is -1.96. The van der Waals surface area contributed by atoms with E-state index in [0.29, 0.717) is 17.8 Å². The monoisotopic (exact) mass is 418 g/mol. The van der Waals surface area contributed by atoms with Gasteiger partial charge in [-0.2, -0.15) is 5.10 Å². The van der Waals surface area contributed by atoms with Crippen LogP contribution in [0.15, 0.2) is 53.1 Å². The number of amides is 1. The Kier molecular flexibility index (Phi) is 5.67. The molecule has 7 heteroatoms. The predicted molar refractivity (Wildman–Crippen MR) is 105 cm³/mol. The summed E-state index contributed by atoms with van der Waals surface area (Å²) >= 11 is 4.98. The number of thiophene rings is 1. The molecule has 0 radical (unpaired) electrons. The number of carbonyl (C=O) groups is 1. The first-order valence-corrected chi connectivity index (χ1v) is 9.52. The van der Waals surface area contributed by atoms with E-state index in [1.165, 1.54) is 11.3 Å². The van der Waals surface area contributed by atoms with Crippen LogP contribution in [0, 0.1) is 0 Å². The van der Waals surface area contributed by atoms with E-state index in [2.05, 4.69) is 26.3 Å². The average molecular weight is 419 g/mol. The van der Waals surface area contributed by atoms with Gasteiger partial charge in [0.2, 0.25) is 0 Å². The molecule has 1 unspecified atom stereocenters. The lowest BCUT2D eigenvalue weighted by molar-refractivity contribution is 0.0942. The van der Waals surface area contributed by atoms with Gasteiger partial charge in [-0.3, -0.25) is 9.48 Å². The van der Waals surface area contributed by atoms with Crippen molar-refractivity contribution in [3.05, 3.63) is 63.6 Å². The molecule has 0 aliphatic rings. The molecule has 0 saturated carbocycles. The van der Waals surface area contributed by atoms with Crippen molar-refractivity contribution in [1.82, 2.24) is 15.1 Å². The summed E-state index contributed by atoms with van der Waals surface area (Å²) < 4.78 is 2.68. The minimum absolute atomic E-state index is 0.101. The van der Waals surface area contributed by atoms with Crippen LogP contribution >= 0.6 is 27.3 Å². The fourth-order valence-corrected chi connectivity index (χ4v) is 4.44. The summed E-state index contributed by atoms with van der Waals surface area (Å²) in [7, 11) is 1.88. The molecule has 3 rings (SSSR count). The quantitative estimate of drug-likeness (QED) is 0.645. The average Bonchev–Trinajstić information content (AvgIpc) is 3.20. The van der Waals surface area contributed by atoms with Gasteiger partial charge < -0.3 is 11.1 Å². The third-order valence-corrected chi connectivity index (χ3v) is 5.95. The number of nitrogens with one attached hydrogen (secondary N) is 1. The van der Waals surface area contributed by atoms with Crippen LogP contribution in [0.2, 0.25) is 0 Å². The second-order valence-electron chi connectivity index (χ2n) is 5.72. The summed E-state index contributed by atoms with van der Waals surface area (Å²) in [5.41, 5.74) is 7.97. The zero-order valence-corrected chi connectivity index (χ0v) is 16.2. The normalized spacial score (nSPS) is 12.1. The van der Waals surface area contributed by atoms with E-state index < -0.39 is 0 Å². The van der Waals surface area contributed by atoms with E-state index in [1.807, 2.05) is 49.5 Å². The molecule has 0 spiro atoms. The van der Waals surface area contributed by atoms with Crippen LogP contribution in [0.25, 0.3) is 10.6 Å². The van der Waals surface area contributed by atoms with Crippen LogP contribution < -0.4 is 11.1 Å². The van der Waals surface area contributed by atoms with Crippen molar-refractivity contribution in [2.75, 3.05) is 6.54 Å². The van der Waals surface area contributed by atoms with Crippen LogP contribution in [0.4, 0.5) is 0 Å². The molecule has 2 heterocycles. The molecule has 2 aromatic heterocycles. The Labute approximate surface area is 159 Å². The molecule has 130 valence electrons. The van der Waals surface area contributed by atoms with Crippen molar-refractivity contribution in [2.45, 2.75) is 12.5 Å². The lowest BCUT2D eigenvalue weighted by atomic mass is 10.1. The highest BCUT2D eigenvalue weighted by molar-refractivity contribution is 9.10. The van der Waals surface area contributed by atoms with Crippen LogP contribution in [0.3, 0.4) is 0 Å². The Morgan fingerprint density at radius 2 is 2.12 bits per heavy atom. The maximum Gasteiger partial charge on any atom is 0.261 e. The molecule has 5 nitrogen and oxygen atoms in total. The molecule has 0 aliphatic carbocycles. The van der Waals surface area contributed by atoms with E-state index in [9.17, 15) is 4.79 Å². The zero-order valence-electron chi connectivity index (χ0n) is 13.8. The van der Waals surface area contributed by atoms with Crippen LogP contribution in [-0.4, -0.2) is 28.3 Å². The van der Waals surface area contributed by atoms with Gasteiger partial charge in [0.1, 0.15) is 0 Å². The lowest BCUT2D eigenvalue weighted by Gasteiger charge is -2.16. The van der Waals surface area contributed by atoms with Gasteiger partial charge in [-0.25, -0.2) is 0 Å². The summed E-state index contributed by atoms with van der Waals surface area (Å²) in [5, 5.41) is 7.22. The van der Waals surface area contributed by atoms with E-state index in [-0.39, 0.29) is 11.9 Å². The topological polar surface area (TPSA) is 72.9 Å². The molecular weight excluding hydrogens is 400 g/mol. The van der Waals surface area contributed by atoms with Gasteiger partial charge in [0.15, 0.2) is 0 Å². The molecule has 0 saturated heterocycles. The first-order valence-electron chi connectivity index (χ1n) is 7.91. The Morgan fingerprint density at radius 3 is 2.76 bits per heavy atom. The van der Waals surface area contributed by atoms with Gasteiger partial charge in [0.05, 0.1) is 15.4 Å². The number of nitrogens with two attached hydrogens (primary N) is 1. The third kappa shape index (κ3) is 4.18. The second kappa shape index (κ2) is 7.95. The highest BCUT2D eigenvalue weighted by Crippen LogP contribution is 2.36. The first kappa shape index (κ1) is 17.8.